The van der Waals surface area contributed by atoms with Gasteiger partial charge in [-0.15, -0.1) is 10.2 Å². The van der Waals surface area contributed by atoms with Gasteiger partial charge in [-0.2, -0.15) is 13.2 Å². The van der Waals surface area contributed by atoms with Crippen LogP contribution in [0.5, 0.6) is 0 Å². The second-order valence-corrected chi connectivity index (χ2v) is 7.12. The predicted octanol–water partition coefficient (Wildman–Crippen LogP) is 3.35. The number of rotatable bonds is 1. The van der Waals surface area contributed by atoms with Crippen LogP contribution >= 0.6 is 0 Å². The van der Waals surface area contributed by atoms with Gasteiger partial charge in [-0.1, -0.05) is 20.8 Å². The molecule has 0 saturated heterocycles. The zero-order valence-corrected chi connectivity index (χ0v) is 13.4. The lowest BCUT2D eigenvalue weighted by atomic mass is 9.58. The molecule has 0 radical (unpaired) electrons. The molecule has 126 valence electrons. The van der Waals surface area contributed by atoms with Crippen LogP contribution < -0.4 is 5.73 Å². The Morgan fingerprint density at radius 1 is 1.30 bits per heavy atom. The summed E-state index contributed by atoms with van der Waals surface area (Å²) >= 11 is 0. The maximum atomic E-state index is 13.5. The molecule has 1 fully saturated rings. The van der Waals surface area contributed by atoms with E-state index in [1.54, 1.807) is 10.6 Å². The number of nitrogens with two attached hydrogens (primary N) is 1. The van der Waals surface area contributed by atoms with Crippen molar-refractivity contribution in [3.63, 3.8) is 0 Å². The summed E-state index contributed by atoms with van der Waals surface area (Å²) in [4.78, 5) is 3.95. The van der Waals surface area contributed by atoms with Gasteiger partial charge in [0.15, 0.2) is 5.82 Å². The lowest BCUT2D eigenvalue weighted by Gasteiger charge is -2.48. The zero-order valence-electron chi connectivity index (χ0n) is 13.4. The fraction of sp³-hybridized carbons (Fsp3) is 0.667. The Morgan fingerprint density at radius 3 is 2.65 bits per heavy atom. The van der Waals surface area contributed by atoms with E-state index in [0.717, 1.165) is 0 Å². The maximum absolute atomic E-state index is 13.5. The quantitative estimate of drug-likeness (QED) is 0.872. The molecule has 0 aliphatic heterocycles. The molecule has 5 nitrogen and oxygen atoms in total. The average Bonchev–Trinajstić information content (AvgIpc) is 2.88. The third-order valence-electron chi connectivity index (χ3n) is 5.52. The molecule has 0 aromatic carbocycles. The first-order chi connectivity index (χ1) is 10.6. The van der Waals surface area contributed by atoms with E-state index >= 15 is 0 Å². The van der Waals surface area contributed by atoms with Gasteiger partial charge in [-0.05, 0) is 25.2 Å². The van der Waals surface area contributed by atoms with Crippen molar-refractivity contribution in [3.8, 4) is 0 Å². The van der Waals surface area contributed by atoms with E-state index in [1.165, 1.54) is 13.1 Å². The fourth-order valence-corrected chi connectivity index (χ4v) is 3.70. The summed E-state index contributed by atoms with van der Waals surface area (Å²) in [6.45, 7) is 5.12. The molecular formula is C15H20F3N5. The minimum absolute atomic E-state index is 0.0202. The molecule has 8 heteroatoms. The van der Waals surface area contributed by atoms with Crippen molar-refractivity contribution in [3.05, 3.63) is 18.2 Å². The van der Waals surface area contributed by atoms with Crippen LogP contribution in [0.15, 0.2) is 12.4 Å². The van der Waals surface area contributed by atoms with Gasteiger partial charge in [-0.3, -0.25) is 4.40 Å². The molecule has 0 amide bonds. The van der Waals surface area contributed by atoms with Gasteiger partial charge < -0.3 is 5.73 Å². The van der Waals surface area contributed by atoms with E-state index in [1.807, 2.05) is 13.8 Å². The molecule has 1 saturated carbocycles. The number of nitrogens with zero attached hydrogens (tertiary/aromatic N) is 4. The molecule has 3 rings (SSSR count). The normalized spacial score (nSPS) is 32.3. The summed E-state index contributed by atoms with van der Waals surface area (Å²) in [5.41, 5.74) is 3.71. The monoisotopic (exact) mass is 327 g/mol. The van der Waals surface area contributed by atoms with Crippen molar-refractivity contribution in [2.24, 2.45) is 11.3 Å². The number of nitrogen functional groups attached to an aromatic ring is 1. The van der Waals surface area contributed by atoms with Crippen LogP contribution in [0.2, 0.25) is 0 Å². The van der Waals surface area contributed by atoms with Gasteiger partial charge in [0.05, 0.1) is 5.41 Å². The maximum Gasteiger partial charge on any atom is 0.394 e. The van der Waals surface area contributed by atoms with Crippen molar-refractivity contribution in [1.29, 1.82) is 0 Å². The number of alkyl halides is 3. The summed E-state index contributed by atoms with van der Waals surface area (Å²) in [5.74, 6) is 0.792. The van der Waals surface area contributed by atoms with Crippen LogP contribution in [0.4, 0.5) is 19.0 Å². The highest BCUT2D eigenvalue weighted by Gasteiger charge is 2.58. The van der Waals surface area contributed by atoms with Gasteiger partial charge in [0.2, 0.25) is 5.65 Å². The minimum atomic E-state index is -4.24. The third kappa shape index (κ3) is 2.26. The number of halogens is 3. The molecule has 0 bridgehead atoms. The van der Waals surface area contributed by atoms with Gasteiger partial charge in [0, 0.05) is 17.8 Å². The molecule has 0 spiro atoms. The SMILES string of the molecule is CC1CCC(C)(C(F)(F)F)C[C@@]1(C)c1nnc2c(N)nccn12. The number of hydrogen-bond donors (Lipinski definition) is 1. The van der Waals surface area contributed by atoms with Crippen molar-refractivity contribution in [1.82, 2.24) is 19.6 Å². The Morgan fingerprint density at radius 2 is 2.00 bits per heavy atom. The number of aromatic nitrogens is 4. The summed E-state index contributed by atoms with van der Waals surface area (Å²) in [7, 11) is 0. The molecule has 23 heavy (non-hydrogen) atoms. The summed E-state index contributed by atoms with van der Waals surface area (Å²) in [6.07, 6.45) is -0.480. The highest BCUT2D eigenvalue weighted by Crippen LogP contribution is 2.56. The molecule has 2 heterocycles. The van der Waals surface area contributed by atoms with Crippen LogP contribution in [0, 0.1) is 11.3 Å². The van der Waals surface area contributed by atoms with Crippen molar-refractivity contribution < 1.29 is 13.2 Å². The average molecular weight is 327 g/mol. The molecule has 2 aromatic heterocycles. The number of hydrogen-bond acceptors (Lipinski definition) is 4. The lowest BCUT2D eigenvalue weighted by Crippen LogP contribution is -2.49. The van der Waals surface area contributed by atoms with Gasteiger partial charge >= 0.3 is 6.18 Å². The smallest absolute Gasteiger partial charge is 0.381 e. The number of fused-ring (bicyclic) bond motifs is 1. The molecule has 2 N–H and O–H groups in total. The van der Waals surface area contributed by atoms with E-state index in [9.17, 15) is 13.2 Å². The van der Waals surface area contributed by atoms with E-state index in [-0.39, 0.29) is 24.6 Å². The second-order valence-electron chi connectivity index (χ2n) is 7.12. The van der Waals surface area contributed by atoms with Crippen LogP contribution in [0.25, 0.3) is 5.65 Å². The summed E-state index contributed by atoms with van der Waals surface area (Å²) in [6, 6.07) is 0. The Bertz CT molecular complexity index is 740. The van der Waals surface area contributed by atoms with Crippen LogP contribution in [0.1, 0.15) is 45.9 Å². The third-order valence-corrected chi connectivity index (χ3v) is 5.52. The lowest BCUT2D eigenvalue weighted by molar-refractivity contribution is -0.237. The van der Waals surface area contributed by atoms with Crippen LogP contribution in [-0.4, -0.2) is 25.8 Å². The molecule has 2 unspecified atom stereocenters. The highest BCUT2D eigenvalue weighted by molar-refractivity contribution is 5.58. The van der Waals surface area contributed by atoms with E-state index < -0.39 is 17.0 Å². The first-order valence-corrected chi connectivity index (χ1v) is 7.61. The molecule has 1 aliphatic rings. The van der Waals surface area contributed by atoms with Gasteiger partial charge in [0.25, 0.3) is 0 Å². The van der Waals surface area contributed by atoms with Crippen molar-refractivity contribution in [2.75, 3.05) is 5.73 Å². The largest absolute Gasteiger partial charge is 0.394 e. The van der Waals surface area contributed by atoms with Crippen LogP contribution in [0.3, 0.4) is 0 Å². The standard InChI is InChI=1S/C15H20F3N5/c1-9-4-5-13(2,15(16,17)18)8-14(9,3)12-22-21-11-10(19)20-6-7-23(11)12/h6-7,9H,4-5,8H2,1-3H3,(H2,19,20)/t9?,13?,14-/m1/s1. The Kier molecular flexibility index (Phi) is 3.35. The summed E-state index contributed by atoms with van der Waals surface area (Å²) in [5, 5.41) is 8.20. The number of anilines is 1. The second kappa shape index (κ2) is 4.82. The highest BCUT2D eigenvalue weighted by atomic mass is 19.4. The molecular weight excluding hydrogens is 307 g/mol. The Labute approximate surface area is 132 Å². The first-order valence-electron chi connectivity index (χ1n) is 7.61. The van der Waals surface area contributed by atoms with Gasteiger partial charge in [-0.25, -0.2) is 4.98 Å². The zero-order chi connectivity index (χ0) is 17.0. The predicted molar refractivity (Wildman–Crippen MR) is 79.7 cm³/mol. The van der Waals surface area contributed by atoms with Gasteiger partial charge in [0.1, 0.15) is 5.82 Å². The topological polar surface area (TPSA) is 69.1 Å². The first kappa shape index (κ1) is 16.0. The van der Waals surface area contributed by atoms with E-state index in [0.29, 0.717) is 17.9 Å². The Balaban J connectivity index is 2.13. The minimum Gasteiger partial charge on any atom is -0.381 e. The van der Waals surface area contributed by atoms with E-state index in [4.69, 9.17) is 5.73 Å². The summed E-state index contributed by atoms with van der Waals surface area (Å²) < 4.78 is 42.3. The molecule has 1 aliphatic carbocycles. The molecule has 2 aromatic rings. The molecule has 3 atom stereocenters. The fourth-order valence-electron chi connectivity index (χ4n) is 3.70. The van der Waals surface area contributed by atoms with Crippen molar-refractivity contribution in [2.45, 2.75) is 51.6 Å². The van der Waals surface area contributed by atoms with E-state index in [2.05, 4.69) is 15.2 Å². The van der Waals surface area contributed by atoms with Crippen LogP contribution in [-0.2, 0) is 5.41 Å². The van der Waals surface area contributed by atoms with Crippen molar-refractivity contribution >= 4 is 11.5 Å². The Hall–Kier alpha value is -1.86.